The summed E-state index contributed by atoms with van der Waals surface area (Å²) >= 11 is 3.41. The Morgan fingerprint density at radius 2 is 2.29 bits per heavy atom. The van der Waals surface area contributed by atoms with E-state index in [9.17, 15) is 4.79 Å². The first-order valence-corrected chi connectivity index (χ1v) is 7.96. The zero-order chi connectivity index (χ0) is 12.1. The maximum absolute atomic E-state index is 12.0. The van der Waals surface area contributed by atoms with E-state index in [-0.39, 0.29) is 0 Å². The van der Waals surface area contributed by atoms with E-state index < -0.39 is 0 Å². The highest BCUT2D eigenvalue weighted by Gasteiger charge is 2.27. The SMILES string of the molecule is O=C(CCCCBr)N1CCC2CCCC=C2C1. The first kappa shape index (κ1) is 13.1. The molecule has 2 aliphatic rings. The molecule has 0 aromatic heterocycles. The van der Waals surface area contributed by atoms with Gasteiger partial charge in [-0.25, -0.2) is 0 Å². The van der Waals surface area contributed by atoms with Gasteiger partial charge in [0.2, 0.25) is 5.91 Å². The Kier molecular flexibility index (Phi) is 5.08. The molecule has 1 amide bonds. The van der Waals surface area contributed by atoms with Crippen LogP contribution in [0.5, 0.6) is 0 Å². The molecular formula is C14H22BrNO. The van der Waals surface area contributed by atoms with Crippen LogP contribution in [-0.4, -0.2) is 29.2 Å². The standard InChI is InChI=1S/C14H22BrNO/c15-9-4-3-7-14(17)16-10-8-12-5-1-2-6-13(12)11-16/h6,12H,1-5,7-11H2. The molecule has 0 aromatic carbocycles. The second-order valence-corrected chi connectivity index (χ2v) is 5.95. The number of likely N-dealkylation sites (tertiary alicyclic amines) is 1. The van der Waals surface area contributed by atoms with E-state index in [1.54, 1.807) is 0 Å². The summed E-state index contributed by atoms with van der Waals surface area (Å²) in [5.41, 5.74) is 1.54. The molecule has 0 aromatic rings. The average molecular weight is 300 g/mol. The maximum Gasteiger partial charge on any atom is 0.222 e. The largest absolute Gasteiger partial charge is 0.339 e. The van der Waals surface area contributed by atoms with Gasteiger partial charge in [0.25, 0.3) is 0 Å². The van der Waals surface area contributed by atoms with Crippen LogP contribution in [0.1, 0.15) is 44.9 Å². The number of allylic oxidation sites excluding steroid dienone is 1. The van der Waals surface area contributed by atoms with E-state index in [0.717, 1.165) is 43.6 Å². The van der Waals surface area contributed by atoms with Crippen molar-refractivity contribution in [2.45, 2.75) is 44.9 Å². The van der Waals surface area contributed by atoms with E-state index in [0.29, 0.717) is 5.91 Å². The number of carbonyl (C=O) groups is 1. The van der Waals surface area contributed by atoms with Crippen molar-refractivity contribution in [1.29, 1.82) is 0 Å². The molecule has 0 radical (unpaired) electrons. The van der Waals surface area contributed by atoms with Crippen LogP contribution in [-0.2, 0) is 4.79 Å². The Labute approximate surface area is 113 Å². The number of hydrogen-bond donors (Lipinski definition) is 0. The highest BCUT2D eigenvalue weighted by molar-refractivity contribution is 9.09. The summed E-state index contributed by atoms with van der Waals surface area (Å²) in [6.07, 6.45) is 10.3. The van der Waals surface area contributed by atoms with Gasteiger partial charge in [-0.1, -0.05) is 27.6 Å². The zero-order valence-electron chi connectivity index (χ0n) is 10.5. The number of fused-ring (bicyclic) bond motifs is 1. The first-order valence-electron chi connectivity index (χ1n) is 6.84. The number of carbonyl (C=O) groups excluding carboxylic acids is 1. The summed E-state index contributed by atoms with van der Waals surface area (Å²) < 4.78 is 0. The van der Waals surface area contributed by atoms with Crippen molar-refractivity contribution < 1.29 is 4.79 Å². The lowest BCUT2D eigenvalue weighted by atomic mass is 9.82. The van der Waals surface area contributed by atoms with Crippen LogP contribution < -0.4 is 0 Å². The van der Waals surface area contributed by atoms with Crippen LogP contribution in [0.15, 0.2) is 11.6 Å². The van der Waals surface area contributed by atoms with Crippen molar-refractivity contribution in [2.24, 2.45) is 5.92 Å². The third kappa shape index (κ3) is 3.57. The number of alkyl halides is 1. The molecule has 0 bridgehead atoms. The van der Waals surface area contributed by atoms with Crippen molar-refractivity contribution in [2.75, 3.05) is 18.4 Å². The Morgan fingerprint density at radius 1 is 1.41 bits per heavy atom. The van der Waals surface area contributed by atoms with Crippen LogP contribution in [0, 0.1) is 5.92 Å². The molecule has 2 rings (SSSR count). The van der Waals surface area contributed by atoms with Crippen LogP contribution in [0.2, 0.25) is 0 Å². The number of hydrogen-bond acceptors (Lipinski definition) is 1. The number of halogens is 1. The van der Waals surface area contributed by atoms with Gasteiger partial charge in [0.05, 0.1) is 0 Å². The normalized spacial score (nSPS) is 24.2. The predicted molar refractivity (Wildman–Crippen MR) is 74.3 cm³/mol. The van der Waals surface area contributed by atoms with Crippen LogP contribution in [0.3, 0.4) is 0 Å². The fraction of sp³-hybridized carbons (Fsp3) is 0.786. The second kappa shape index (κ2) is 6.58. The van der Waals surface area contributed by atoms with Gasteiger partial charge >= 0.3 is 0 Å². The van der Waals surface area contributed by atoms with Gasteiger partial charge in [-0.3, -0.25) is 4.79 Å². The number of nitrogens with zero attached hydrogens (tertiary/aromatic N) is 1. The van der Waals surface area contributed by atoms with E-state index in [2.05, 4.69) is 26.9 Å². The van der Waals surface area contributed by atoms with E-state index in [1.807, 2.05) is 0 Å². The minimum Gasteiger partial charge on any atom is -0.339 e. The minimum atomic E-state index is 0.357. The molecule has 0 saturated carbocycles. The zero-order valence-corrected chi connectivity index (χ0v) is 12.0. The van der Waals surface area contributed by atoms with Crippen LogP contribution in [0.25, 0.3) is 0 Å². The lowest BCUT2D eigenvalue weighted by Crippen LogP contribution is -2.40. The monoisotopic (exact) mass is 299 g/mol. The highest BCUT2D eigenvalue weighted by atomic mass is 79.9. The molecule has 1 saturated heterocycles. The van der Waals surface area contributed by atoms with E-state index >= 15 is 0 Å². The number of unbranched alkanes of at least 4 members (excludes halogenated alkanes) is 1. The molecule has 17 heavy (non-hydrogen) atoms. The summed E-state index contributed by atoms with van der Waals surface area (Å²) in [6.45, 7) is 1.90. The third-order valence-corrected chi connectivity index (χ3v) is 4.50. The summed E-state index contributed by atoms with van der Waals surface area (Å²) in [6, 6.07) is 0. The smallest absolute Gasteiger partial charge is 0.222 e. The van der Waals surface area contributed by atoms with Crippen molar-refractivity contribution in [1.82, 2.24) is 4.90 Å². The fourth-order valence-corrected chi connectivity index (χ4v) is 3.28. The van der Waals surface area contributed by atoms with E-state index in [4.69, 9.17) is 0 Å². The quantitative estimate of drug-likeness (QED) is 0.442. The summed E-state index contributed by atoms with van der Waals surface area (Å²) in [7, 11) is 0. The Balaban J connectivity index is 1.82. The lowest BCUT2D eigenvalue weighted by molar-refractivity contribution is -0.131. The fourth-order valence-electron chi connectivity index (χ4n) is 2.88. The Bertz CT molecular complexity index is 301. The van der Waals surface area contributed by atoms with Gasteiger partial charge in [-0.05, 0) is 44.4 Å². The van der Waals surface area contributed by atoms with Crippen molar-refractivity contribution in [3.8, 4) is 0 Å². The molecule has 0 N–H and O–H groups in total. The second-order valence-electron chi connectivity index (χ2n) is 5.16. The van der Waals surface area contributed by atoms with Gasteiger partial charge in [0.1, 0.15) is 0 Å². The van der Waals surface area contributed by atoms with Gasteiger partial charge in [-0.15, -0.1) is 0 Å². The molecule has 1 fully saturated rings. The number of rotatable bonds is 4. The van der Waals surface area contributed by atoms with Gasteiger partial charge in [-0.2, -0.15) is 0 Å². The van der Waals surface area contributed by atoms with Crippen molar-refractivity contribution >= 4 is 21.8 Å². The van der Waals surface area contributed by atoms with Gasteiger partial charge in [0, 0.05) is 24.8 Å². The lowest BCUT2D eigenvalue weighted by Gasteiger charge is -2.36. The first-order chi connectivity index (χ1) is 8.31. The topological polar surface area (TPSA) is 20.3 Å². The highest BCUT2D eigenvalue weighted by Crippen LogP contribution is 2.32. The summed E-state index contributed by atoms with van der Waals surface area (Å²) in [5, 5.41) is 1.01. The third-order valence-electron chi connectivity index (χ3n) is 3.94. The van der Waals surface area contributed by atoms with Gasteiger partial charge in [0.15, 0.2) is 0 Å². The molecule has 2 nitrogen and oxygen atoms in total. The molecule has 1 aliphatic carbocycles. The van der Waals surface area contributed by atoms with Crippen LogP contribution >= 0.6 is 15.9 Å². The van der Waals surface area contributed by atoms with Crippen LogP contribution in [0.4, 0.5) is 0 Å². The molecule has 0 spiro atoms. The number of piperidine rings is 1. The molecule has 1 unspecified atom stereocenters. The van der Waals surface area contributed by atoms with Crippen molar-refractivity contribution in [3.05, 3.63) is 11.6 Å². The maximum atomic E-state index is 12.0. The average Bonchev–Trinajstić information content (AvgIpc) is 2.38. The minimum absolute atomic E-state index is 0.357. The van der Waals surface area contributed by atoms with E-state index in [1.165, 1.54) is 31.3 Å². The van der Waals surface area contributed by atoms with Gasteiger partial charge < -0.3 is 4.90 Å². The Morgan fingerprint density at radius 3 is 3.12 bits per heavy atom. The summed E-state index contributed by atoms with van der Waals surface area (Å²) in [5.74, 6) is 1.14. The number of amides is 1. The molecule has 1 aliphatic heterocycles. The molecule has 1 heterocycles. The molecule has 3 heteroatoms. The summed E-state index contributed by atoms with van der Waals surface area (Å²) in [4.78, 5) is 14.1. The van der Waals surface area contributed by atoms with Crippen molar-refractivity contribution in [3.63, 3.8) is 0 Å². The molecule has 1 atom stereocenters. The Hall–Kier alpha value is -0.310. The molecule has 96 valence electrons. The molecular weight excluding hydrogens is 278 g/mol. The predicted octanol–water partition coefficient (Wildman–Crippen LogP) is 3.51.